The van der Waals surface area contributed by atoms with Gasteiger partial charge in [-0.05, 0) is 6.92 Å². The molecule has 0 aliphatic heterocycles. The van der Waals surface area contributed by atoms with Gasteiger partial charge >= 0.3 is 0 Å². The summed E-state index contributed by atoms with van der Waals surface area (Å²) < 4.78 is 19.6. The van der Waals surface area contributed by atoms with E-state index in [1.54, 1.807) is 14.2 Å². The molecule has 0 spiro atoms. The Labute approximate surface area is 322 Å². The molecule has 0 aliphatic carbocycles. The van der Waals surface area contributed by atoms with Crippen molar-refractivity contribution >= 4 is 5.91 Å². The van der Waals surface area contributed by atoms with Gasteiger partial charge in [0.2, 0.25) is 5.91 Å². The lowest BCUT2D eigenvalue weighted by Crippen LogP contribution is -2.38. The third-order valence-electron chi connectivity index (χ3n) is 6.72. The van der Waals surface area contributed by atoms with Gasteiger partial charge in [-0.15, -0.1) is 0 Å². The highest BCUT2D eigenvalue weighted by molar-refractivity contribution is 5.77. The van der Waals surface area contributed by atoms with Gasteiger partial charge in [-0.25, -0.2) is 0 Å². The first kappa shape index (κ1) is 56.1. The topological polar surface area (TPSA) is 264 Å². The predicted octanol–water partition coefficient (Wildman–Crippen LogP) is -5.81. The number of amides is 1. The van der Waals surface area contributed by atoms with Crippen LogP contribution in [0.15, 0.2) is 0 Å². The van der Waals surface area contributed by atoms with Crippen LogP contribution in [0.1, 0.15) is 6.92 Å². The third kappa shape index (κ3) is 63.1. The van der Waals surface area contributed by atoms with Crippen molar-refractivity contribution in [2.75, 3.05) is 211 Å². The molecule has 19 nitrogen and oxygen atoms in total. The molecule has 0 rings (SSSR count). The van der Waals surface area contributed by atoms with Gasteiger partial charge in [-0.1, -0.05) is 0 Å². The number of rotatable bonds is 42. The maximum absolute atomic E-state index is 11.4. The van der Waals surface area contributed by atoms with Crippen molar-refractivity contribution in [1.29, 1.82) is 0 Å². The summed E-state index contributed by atoms with van der Waals surface area (Å²) in [5, 5.41) is 36.0. The lowest BCUT2D eigenvalue weighted by Gasteiger charge is -2.09. The number of nitrogens with two attached hydrogens (primary N) is 3. The van der Waals surface area contributed by atoms with Gasteiger partial charge in [0.05, 0.1) is 26.4 Å². The lowest BCUT2D eigenvalue weighted by molar-refractivity contribution is -0.126. The standard InChI is InChI=1S/C17H41N7O3.C12H33N7.C5H12O2/c1-26-14-15-27-16-17(25)24-13-12-23-11-10-22-9-8-21-7-6-20-5-4-19-3-2-18;13-1-3-15-5-7-17-9-11-19-12-10-18-8-6-16-4-2-14;1-3-7-5-4-6-2/h19-23H,2-16,18H2,1H3,(H,24,25);15-19H,1-14H2;3-5H2,1-2H3. The second-order valence-corrected chi connectivity index (χ2v) is 11.5. The van der Waals surface area contributed by atoms with E-state index < -0.39 is 0 Å². The Morgan fingerprint density at radius 2 is 0.660 bits per heavy atom. The Hall–Kier alpha value is -1.21. The average Bonchev–Trinajstić information content (AvgIpc) is 3.17. The monoisotopic (exact) mass is 771 g/mol. The number of carbonyl (C=O) groups excluding carboxylic acids is 1. The molecule has 0 atom stereocenters. The highest BCUT2D eigenvalue weighted by atomic mass is 16.5. The number of methoxy groups -OCH3 is 2. The summed E-state index contributed by atoms with van der Waals surface area (Å²) in [6.45, 7) is 26.8. The van der Waals surface area contributed by atoms with E-state index in [1.165, 1.54) is 0 Å². The van der Waals surface area contributed by atoms with E-state index in [1.807, 2.05) is 6.92 Å². The summed E-state index contributed by atoms with van der Waals surface area (Å²) in [5.74, 6) is -0.0987. The van der Waals surface area contributed by atoms with Crippen LogP contribution in [0.4, 0.5) is 0 Å². The lowest BCUT2D eigenvalue weighted by atomic mass is 10.5. The fraction of sp³-hybridized carbons (Fsp3) is 0.971. The number of ether oxygens (including phenoxy) is 4. The van der Waals surface area contributed by atoms with Crippen molar-refractivity contribution < 1.29 is 23.7 Å². The summed E-state index contributed by atoms with van der Waals surface area (Å²) in [7, 11) is 3.27. The first-order chi connectivity index (χ1) is 26.1. The predicted molar refractivity (Wildman–Crippen MR) is 220 cm³/mol. The molecule has 0 radical (unpaired) electrons. The Bertz CT molecular complexity index is 620. The highest BCUT2D eigenvalue weighted by Crippen LogP contribution is 1.76. The molecule has 53 heavy (non-hydrogen) atoms. The quantitative estimate of drug-likeness (QED) is 0.0258. The van der Waals surface area contributed by atoms with Crippen LogP contribution < -0.4 is 75.7 Å². The summed E-state index contributed by atoms with van der Waals surface area (Å²) >= 11 is 0. The third-order valence-corrected chi connectivity index (χ3v) is 6.72. The molecule has 0 aliphatic rings. The van der Waals surface area contributed by atoms with Crippen molar-refractivity contribution in [2.45, 2.75) is 6.92 Å². The molecule has 0 bridgehead atoms. The molecule has 0 saturated heterocycles. The highest BCUT2D eigenvalue weighted by Gasteiger charge is 2.00. The van der Waals surface area contributed by atoms with E-state index >= 15 is 0 Å². The summed E-state index contributed by atoms with van der Waals surface area (Å²) in [5.41, 5.74) is 16.1. The second-order valence-electron chi connectivity index (χ2n) is 11.5. The molecule has 0 fully saturated rings. The van der Waals surface area contributed by atoms with Crippen LogP contribution in [0, 0.1) is 0 Å². The molecule has 0 heterocycles. The molecule has 0 unspecified atom stereocenters. The zero-order valence-corrected chi connectivity index (χ0v) is 34.0. The molecule has 322 valence electrons. The Morgan fingerprint density at radius 1 is 0.396 bits per heavy atom. The van der Waals surface area contributed by atoms with E-state index in [4.69, 9.17) is 36.1 Å². The van der Waals surface area contributed by atoms with Gasteiger partial charge in [0.25, 0.3) is 0 Å². The smallest absolute Gasteiger partial charge is 0.246 e. The van der Waals surface area contributed by atoms with Crippen LogP contribution in [0.2, 0.25) is 0 Å². The van der Waals surface area contributed by atoms with E-state index in [9.17, 15) is 4.79 Å². The Balaban J connectivity index is -0.000000830. The van der Waals surface area contributed by atoms with Crippen LogP contribution >= 0.6 is 0 Å². The average molecular weight is 771 g/mol. The molecule has 0 aromatic rings. The van der Waals surface area contributed by atoms with Gasteiger partial charge in [-0.3, -0.25) is 4.79 Å². The van der Waals surface area contributed by atoms with E-state index in [0.717, 1.165) is 138 Å². The largest absolute Gasteiger partial charge is 0.382 e. The molecule has 1 amide bonds. The van der Waals surface area contributed by atoms with Gasteiger partial charge in [0, 0.05) is 178 Å². The normalized spacial score (nSPS) is 10.8. The zero-order valence-electron chi connectivity index (χ0n) is 34.0. The molecule has 0 aromatic heterocycles. The maximum Gasteiger partial charge on any atom is 0.246 e. The van der Waals surface area contributed by atoms with Gasteiger partial charge in [0.1, 0.15) is 6.61 Å². The van der Waals surface area contributed by atoms with Gasteiger partial charge in [-0.2, -0.15) is 0 Å². The Morgan fingerprint density at radius 3 is 0.925 bits per heavy atom. The number of hydrogen-bond acceptors (Lipinski definition) is 18. The van der Waals surface area contributed by atoms with Crippen molar-refractivity contribution in [2.24, 2.45) is 17.2 Å². The summed E-state index contributed by atoms with van der Waals surface area (Å²) in [4.78, 5) is 11.4. The van der Waals surface area contributed by atoms with Crippen LogP contribution in [0.25, 0.3) is 0 Å². The number of hydrogen-bond donors (Lipinski definition) is 14. The minimum atomic E-state index is -0.0987. The summed E-state index contributed by atoms with van der Waals surface area (Å²) in [6, 6.07) is 0. The molecule has 17 N–H and O–H groups in total. The minimum absolute atomic E-state index is 0.0820. The van der Waals surface area contributed by atoms with E-state index in [2.05, 4.69) is 58.5 Å². The fourth-order valence-electron chi connectivity index (χ4n) is 3.91. The Kier molecular flexibility index (Phi) is 60.9. The maximum atomic E-state index is 11.4. The first-order valence-electron chi connectivity index (χ1n) is 19.7. The zero-order chi connectivity index (χ0) is 39.4. The molecule has 0 aromatic carbocycles. The van der Waals surface area contributed by atoms with Crippen molar-refractivity contribution in [1.82, 2.24) is 58.5 Å². The molecule has 0 saturated carbocycles. The van der Waals surface area contributed by atoms with Crippen molar-refractivity contribution in [3.8, 4) is 0 Å². The number of nitrogens with one attached hydrogen (secondary N) is 11. The van der Waals surface area contributed by atoms with Crippen molar-refractivity contribution in [3.63, 3.8) is 0 Å². The van der Waals surface area contributed by atoms with Crippen LogP contribution in [0.5, 0.6) is 0 Å². The molecule has 19 heteroatoms. The van der Waals surface area contributed by atoms with Gasteiger partial charge in [0.15, 0.2) is 0 Å². The SMILES string of the molecule is CCOCCOC.COCCOCC(=O)NCCNCCNCCNCCNCCNCCN.NCCNCCNCCNCCNCCNCCN. The number of carbonyl (C=O) groups is 1. The first-order valence-corrected chi connectivity index (χ1v) is 19.7. The molecular formula is C34H86N14O5. The fourth-order valence-corrected chi connectivity index (χ4v) is 3.91. The van der Waals surface area contributed by atoms with Gasteiger partial charge < -0.3 is 94.6 Å². The van der Waals surface area contributed by atoms with Crippen LogP contribution in [-0.4, -0.2) is 217 Å². The van der Waals surface area contributed by atoms with E-state index in [0.29, 0.717) is 52.6 Å². The second kappa shape index (κ2) is 57.5. The molecular weight excluding hydrogens is 684 g/mol. The van der Waals surface area contributed by atoms with Crippen LogP contribution in [0.3, 0.4) is 0 Å². The summed E-state index contributed by atoms with van der Waals surface area (Å²) in [6.07, 6.45) is 0. The van der Waals surface area contributed by atoms with E-state index in [-0.39, 0.29) is 12.5 Å². The van der Waals surface area contributed by atoms with Crippen molar-refractivity contribution in [3.05, 3.63) is 0 Å². The minimum Gasteiger partial charge on any atom is -0.382 e. The van der Waals surface area contributed by atoms with Crippen LogP contribution in [-0.2, 0) is 23.7 Å².